The van der Waals surface area contributed by atoms with E-state index in [1.807, 2.05) is 32.0 Å². The number of hydrogen-bond donors (Lipinski definition) is 2. The fourth-order valence-electron chi connectivity index (χ4n) is 1.86. The predicted octanol–water partition coefficient (Wildman–Crippen LogP) is 1.27. The molecule has 4 nitrogen and oxygen atoms in total. The molecule has 1 aromatic rings. The number of aliphatic hydroxyl groups excluding tert-OH is 1. The number of aliphatic hydroxyl groups is 1. The first-order chi connectivity index (χ1) is 8.93. The third-order valence-electron chi connectivity index (χ3n) is 2.83. The highest BCUT2D eigenvalue weighted by atomic mass is 19.1. The van der Waals surface area contributed by atoms with Crippen LogP contribution in [-0.2, 0) is 0 Å². The van der Waals surface area contributed by atoms with Crippen molar-refractivity contribution in [3.8, 4) is 6.07 Å². The van der Waals surface area contributed by atoms with Crippen molar-refractivity contribution in [1.29, 1.82) is 5.26 Å². The van der Waals surface area contributed by atoms with E-state index in [2.05, 4.69) is 5.32 Å². The first-order valence-electron chi connectivity index (χ1n) is 6.19. The molecule has 19 heavy (non-hydrogen) atoms. The molecule has 2 atom stereocenters. The summed E-state index contributed by atoms with van der Waals surface area (Å²) in [5.41, 5.74) is 0.803. The number of halogens is 1. The molecule has 0 aliphatic rings. The van der Waals surface area contributed by atoms with E-state index >= 15 is 0 Å². The molecule has 2 N–H and O–H groups in total. The van der Waals surface area contributed by atoms with Gasteiger partial charge in [-0.3, -0.25) is 0 Å². The SMILES string of the molecule is CC(NCC(O)CN(C)C)c1ccc(C#N)cc1F. The lowest BCUT2D eigenvalue weighted by atomic mass is 10.1. The highest BCUT2D eigenvalue weighted by molar-refractivity contribution is 5.34. The standard InChI is InChI=1S/C14H20FN3O/c1-10(17-8-12(19)9-18(2)3)13-5-4-11(7-16)6-14(13)15/h4-6,10,12,17,19H,8-9H2,1-3H3. The monoisotopic (exact) mass is 265 g/mol. The van der Waals surface area contributed by atoms with Gasteiger partial charge in [-0.25, -0.2) is 4.39 Å². The van der Waals surface area contributed by atoms with Gasteiger partial charge in [0, 0.05) is 24.7 Å². The lowest BCUT2D eigenvalue weighted by Gasteiger charge is -2.20. The Labute approximate surface area is 113 Å². The number of benzene rings is 1. The van der Waals surface area contributed by atoms with E-state index in [4.69, 9.17) is 5.26 Å². The van der Waals surface area contributed by atoms with Gasteiger partial charge in [0.05, 0.1) is 17.7 Å². The van der Waals surface area contributed by atoms with Gasteiger partial charge in [-0.1, -0.05) is 6.07 Å². The van der Waals surface area contributed by atoms with Crippen molar-refractivity contribution < 1.29 is 9.50 Å². The molecule has 0 spiro atoms. The minimum absolute atomic E-state index is 0.218. The van der Waals surface area contributed by atoms with Gasteiger partial charge in [0.25, 0.3) is 0 Å². The van der Waals surface area contributed by atoms with E-state index in [0.29, 0.717) is 24.2 Å². The van der Waals surface area contributed by atoms with Crippen LogP contribution < -0.4 is 5.32 Å². The second-order valence-electron chi connectivity index (χ2n) is 4.89. The van der Waals surface area contributed by atoms with Crippen molar-refractivity contribution in [2.45, 2.75) is 19.1 Å². The van der Waals surface area contributed by atoms with Crippen LogP contribution in [0, 0.1) is 17.1 Å². The summed E-state index contributed by atoms with van der Waals surface area (Å²) in [6, 6.07) is 6.10. The van der Waals surface area contributed by atoms with E-state index < -0.39 is 11.9 Å². The molecule has 0 saturated carbocycles. The average Bonchev–Trinajstić information content (AvgIpc) is 2.35. The van der Waals surface area contributed by atoms with Crippen LogP contribution in [0.5, 0.6) is 0 Å². The Morgan fingerprint density at radius 1 is 1.47 bits per heavy atom. The fraction of sp³-hybridized carbons (Fsp3) is 0.500. The summed E-state index contributed by atoms with van der Waals surface area (Å²) in [6.45, 7) is 2.77. The van der Waals surface area contributed by atoms with Gasteiger partial charge in [0.15, 0.2) is 0 Å². The number of nitrogens with zero attached hydrogens (tertiary/aromatic N) is 2. The third-order valence-corrected chi connectivity index (χ3v) is 2.83. The Morgan fingerprint density at radius 2 is 2.16 bits per heavy atom. The predicted molar refractivity (Wildman–Crippen MR) is 72.1 cm³/mol. The van der Waals surface area contributed by atoms with E-state index in [0.717, 1.165) is 0 Å². The molecule has 2 unspecified atom stereocenters. The van der Waals surface area contributed by atoms with Crippen molar-refractivity contribution in [3.05, 3.63) is 35.1 Å². The van der Waals surface area contributed by atoms with E-state index in [-0.39, 0.29) is 6.04 Å². The number of rotatable bonds is 6. The van der Waals surface area contributed by atoms with Gasteiger partial charge in [-0.15, -0.1) is 0 Å². The number of hydrogen-bond acceptors (Lipinski definition) is 4. The molecule has 0 fully saturated rings. The van der Waals surface area contributed by atoms with Crippen molar-refractivity contribution >= 4 is 0 Å². The van der Waals surface area contributed by atoms with Crippen molar-refractivity contribution in [1.82, 2.24) is 10.2 Å². The van der Waals surface area contributed by atoms with Crippen LogP contribution in [0.3, 0.4) is 0 Å². The second-order valence-corrected chi connectivity index (χ2v) is 4.89. The zero-order chi connectivity index (χ0) is 14.4. The molecular weight excluding hydrogens is 245 g/mol. The molecule has 0 radical (unpaired) electrons. The maximum Gasteiger partial charge on any atom is 0.129 e. The maximum absolute atomic E-state index is 13.8. The van der Waals surface area contributed by atoms with Crippen LogP contribution >= 0.6 is 0 Å². The number of nitrogens with one attached hydrogen (secondary N) is 1. The van der Waals surface area contributed by atoms with Gasteiger partial charge >= 0.3 is 0 Å². The Kier molecular flexibility index (Phi) is 5.90. The summed E-state index contributed by atoms with van der Waals surface area (Å²) < 4.78 is 13.8. The van der Waals surface area contributed by atoms with E-state index in [1.54, 1.807) is 12.1 Å². The summed E-state index contributed by atoms with van der Waals surface area (Å²) >= 11 is 0. The first-order valence-corrected chi connectivity index (χ1v) is 6.19. The van der Waals surface area contributed by atoms with Crippen molar-refractivity contribution in [2.24, 2.45) is 0 Å². The molecule has 1 rings (SSSR count). The van der Waals surface area contributed by atoms with Crippen LogP contribution in [0.2, 0.25) is 0 Å². The minimum Gasteiger partial charge on any atom is -0.390 e. The highest BCUT2D eigenvalue weighted by Gasteiger charge is 2.13. The van der Waals surface area contributed by atoms with E-state index in [1.165, 1.54) is 6.07 Å². The van der Waals surface area contributed by atoms with Gasteiger partial charge in [-0.05, 0) is 33.2 Å². The normalized spacial score (nSPS) is 14.2. The van der Waals surface area contributed by atoms with Crippen molar-refractivity contribution in [2.75, 3.05) is 27.2 Å². The maximum atomic E-state index is 13.8. The molecular formula is C14H20FN3O. The smallest absolute Gasteiger partial charge is 0.129 e. The van der Waals surface area contributed by atoms with Crippen LogP contribution in [0.1, 0.15) is 24.1 Å². The summed E-state index contributed by atoms with van der Waals surface area (Å²) in [5.74, 6) is -0.402. The molecule has 5 heteroatoms. The second kappa shape index (κ2) is 7.19. The van der Waals surface area contributed by atoms with Gasteiger partial charge < -0.3 is 15.3 Å². The van der Waals surface area contributed by atoms with Crippen LogP contribution in [-0.4, -0.2) is 43.3 Å². The topological polar surface area (TPSA) is 59.3 Å². The molecule has 0 aliphatic carbocycles. The zero-order valence-corrected chi connectivity index (χ0v) is 11.5. The zero-order valence-electron chi connectivity index (χ0n) is 11.5. The van der Waals surface area contributed by atoms with Crippen molar-refractivity contribution in [3.63, 3.8) is 0 Å². The molecule has 1 aromatic carbocycles. The van der Waals surface area contributed by atoms with Crippen LogP contribution in [0.15, 0.2) is 18.2 Å². The van der Waals surface area contributed by atoms with Gasteiger partial charge in [0.1, 0.15) is 5.82 Å². The largest absolute Gasteiger partial charge is 0.390 e. The quantitative estimate of drug-likeness (QED) is 0.813. The molecule has 0 aromatic heterocycles. The summed E-state index contributed by atoms with van der Waals surface area (Å²) in [7, 11) is 3.76. The third kappa shape index (κ3) is 4.95. The summed E-state index contributed by atoms with van der Waals surface area (Å²) in [4.78, 5) is 1.89. The summed E-state index contributed by atoms with van der Waals surface area (Å²) in [6.07, 6.45) is -0.501. The van der Waals surface area contributed by atoms with E-state index in [9.17, 15) is 9.50 Å². The van der Waals surface area contributed by atoms with Gasteiger partial charge in [0.2, 0.25) is 0 Å². The van der Waals surface area contributed by atoms with Gasteiger partial charge in [-0.2, -0.15) is 5.26 Å². The lowest BCUT2D eigenvalue weighted by molar-refractivity contribution is 0.132. The average molecular weight is 265 g/mol. The van der Waals surface area contributed by atoms with Crippen LogP contribution in [0.25, 0.3) is 0 Å². The molecule has 0 bridgehead atoms. The van der Waals surface area contributed by atoms with Crippen LogP contribution in [0.4, 0.5) is 4.39 Å². The Hall–Kier alpha value is -1.48. The minimum atomic E-state index is -0.501. The Balaban J connectivity index is 2.59. The number of nitriles is 1. The first kappa shape index (κ1) is 15.6. The highest BCUT2D eigenvalue weighted by Crippen LogP contribution is 2.17. The summed E-state index contributed by atoms with van der Waals surface area (Å²) in [5, 5.41) is 21.5. The number of likely N-dealkylation sites (N-methyl/N-ethyl adjacent to an activating group) is 1. The lowest BCUT2D eigenvalue weighted by Crippen LogP contribution is -2.36. The Bertz CT molecular complexity index is 456. The molecule has 0 aliphatic heterocycles. The Morgan fingerprint density at radius 3 is 2.68 bits per heavy atom. The molecule has 104 valence electrons. The fourth-order valence-corrected chi connectivity index (χ4v) is 1.86. The molecule has 0 amide bonds. The molecule has 0 heterocycles. The molecule has 0 saturated heterocycles.